The van der Waals surface area contributed by atoms with E-state index in [2.05, 4.69) is 0 Å². The van der Waals surface area contributed by atoms with Crippen LogP contribution in [0.1, 0.15) is 11.3 Å². The van der Waals surface area contributed by atoms with E-state index in [0.717, 1.165) is 27.1 Å². The standard InChI is InChI=1S/C21H20ClNO4S2/c1-23(25)20(24)12-11-19-21(15-3-7-16(22)8-4-15)18(13-28-19)14-5-9-17(10-6-14)29(2,26)27/h3-10,13,25H,11-12H2,1-2H3. The molecule has 1 aromatic heterocycles. The number of hydrogen-bond donors (Lipinski definition) is 1. The number of aryl methyl sites for hydroxylation is 1. The van der Waals surface area contributed by atoms with Gasteiger partial charge in [0.05, 0.1) is 4.90 Å². The van der Waals surface area contributed by atoms with Gasteiger partial charge in [-0.15, -0.1) is 11.3 Å². The van der Waals surface area contributed by atoms with Crippen LogP contribution >= 0.6 is 22.9 Å². The number of sulfone groups is 1. The van der Waals surface area contributed by atoms with Crippen LogP contribution in [0.3, 0.4) is 0 Å². The molecule has 0 aliphatic carbocycles. The molecule has 152 valence electrons. The maximum atomic E-state index is 11.8. The van der Waals surface area contributed by atoms with Gasteiger partial charge in [0.1, 0.15) is 0 Å². The van der Waals surface area contributed by atoms with Crippen LogP contribution in [-0.2, 0) is 21.1 Å². The number of rotatable bonds is 6. The fourth-order valence-corrected chi connectivity index (χ4v) is 4.83. The highest BCUT2D eigenvalue weighted by atomic mass is 35.5. The van der Waals surface area contributed by atoms with Gasteiger partial charge in [-0.1, -0.05) is 35.9 Å². The fourth-order valence-electron chi connectivity index (χ4n) is 2.99. The molecule has 0 atom stereocenters. The Hall–Kier alpha value is -2.19. The third-order valence-corrected chi connectivity index (χ3v) is 6.95. The summed E-state index contributed by atoms with van der Waals surface area (Å²) in [6, 6.07) is 14.2. The van der Waals surface area contributed by atoms with Gasteiger partial charge in [0.15, 0.2) is 9.84 Å². The Morgan fingerprint density at radius 2 is 1.66 bits per heavy atom. The molecule has 2 aromatic carbocycles. The van der Waals surface area contributed by atoms with Gasteiger partial charge >= 0.3 is 0 Å². The Bertz CT molecular complexity index is 1120. The minimum Gasteiger partial charge on any atom is -0.286 e. The second-order valence-electron chi connectivity index (χ2n) is 6.67. The first-order valence-corrected chi connectivity index (χ1v) is 11.9. The summed E-state index contributed by atoms with van der Waals surface area (Å²) < 4.78 is 23.5. The van der Waals surface area contributed by atoms with Crippen LogP contribution in [0.5, 0.6) is 0 Å². The van der Waals surface area contributed by atoms with Gasteiger partial charge in [0.2, 0.25) is 5.91 Å². The molecule has 0 aliphatic heterocycles. The molecule has 0 saturated carbocycles. The van der Waals surface area contributed by atoms with Gasteiger partial charge in [-0.3, -0.25) is 10.0 Å². The molecule has 8 heteroatoms. The first-order chi connectivity index (χ1) is 13.7. The van der Waals surface area contributed by atoms with Gasteiger partial charge in [0, 0.05) is 40.8 Å². The van der Waals surface area contributed by atoms with Gasteiger partial charge in [-0.25, -0.2) is 13.5 Å². The molecule has 0 unspecified atom stereocenters. The average molecular weight is 450 g/mol. The molecule has 29 heavy (non-hydrogen) atoms. The summed E-state index contributed by atoms with van der Waals surface area (Å²) in [5, 5.41) is 12.5. The van der Waals surface area contributed by atoms with Crippen LogP contribution < -0.4 is 0 Å². The molecule has 0 radical (unpaired) electrons. The molecule has 1 heterocycles. The van der Waals surface area contributed by atoms with E-state index in [1.807, 2.05) is 29.6 Å². The molecule has 1 amide bonds. The van der Waals surface area contributed by atoms with Crippen molar-refractivity contribution in [2.45, 2.75) is 17.7 Å². The zero-order valence-corrected chi connectivity index (χ0v) is 18.3. The molecule has 5 nitrogen and oxygen atoms in total. The summed E-state index contributed by atoms with van der Waals surface area (Å²) in [4.78, 5) is 13.1. The minimum atomic E-state index is -3.27. The number of amides is 1. The lowest BCUT2D eigenvalue weighted by Crippen LogP contribution is -2.22. The van der Waals surface area contributed by atoms with Crippen LogP contribution in [0.25, 0.3) is 22.3 Å². The van der Waals surface area contributed by atoms with Crippen molar-refractivity contribution in [2.75, 3.05) is 13.3 Å². The van der Waals surface area contributed by atoms with E-state index in [-0.39, 0.29) is 17.2 Å². The highest BCUT2D eigenvalue weighted by Gasteiger charge is 2.18. The molecule has 1 N–H and O–H groups in total. The Labute approximate surface area is 179 Å². The molecule has 0 spiro atoms. The summed E-state index contributed by atoms with van der Waals surface area (Å²) in [6.45, 7) is 0. The molecule has 3 rings (SSSR count). The van der Waals surface area contributed by atoms with Crippen LogP contribution in [0.2, 0.25) is 5.02 Å². The fraction of sp³-hybridized carbons (Fsp3) is 0.190. The van der Waals surface area contributed by atoms with E-state index in [0.29, 0.717) is 16.5 Å². The average Bonchev–Trinajstić information content (AvgIpc) is 3.10. The van der Waals surface area contributed by atoms with E-state index < -0.39 is 9.84 Å². The molecule has 0 saturated heterocycles. The van der Waals surface area contributed by atoms with Crippen molar-refractivity contribution in [3.8, 4) is 22.3 Å². The summed E-state index contributed by atoms with van der Waals surface area (Å²) in [7, 11) is -1.96. The van der Waals surface area contributed by atoms with E-state index in [1.165, 1.54) is 24.6 Å². The topological polar surface area (TPSA) is 74.7 Å². The molecule has 3 aromatic rings. The van der Waals surface area contributed by atoms with Gasteiger partial charge in [0.25, 0.3) is 0 Å². The predicted octanol–water partition coefficient (Wildman–Crippen LogP) is 4.92. The van der Waals surface area contributed by atoms with Crippen molar-refractivity contribution in [2.24, 2.45) is 0 Å². The second kappa shape index (κ2) is 8.67. The lowest BCUT2D eigenvalue weighted by molar-refractivity contribution is -0.159. The van der Waals surface area contributed by atoms with Gasteiger partial charge < -0.3 is 0 Å². The molecule has 0 bridgehead atoms. The van der Waals surface area contributed by atoms with E-state index in [1.54, 1.807) is 24.3 Å². The first kappa shape index (κ1) is 21.5. The van der Waals surface area contributed by atoms with Crippen molar-refractivity contribution in [3.05, 3.63) is 63.8 Å². The minimum absolute atomic E-state index is 0.181. The Balaban J connectivity index is 2.05. The Morgan fingerprint density at radius 3 is 2.21 bits per heavy atom. The third-order valence-electron chi connectivity index (χ3n) is 4.52. The van der Waals surface area contributed by atoms with Gasteiger partial charge in [-0.2, -0.15) is 0 Å². The van der Waals surface area contributed by atoms with E-state index in [4.69, 9.17) is 11.6 Å². The van der Waals surface area contributed by atoms with Crippen molar-refractivity contribution in [3.63, 3.8) is 0 Å². The molecule has 0 aliphatic rings. The second-order valence-corrected chi connectivity index (χ2v) is 10.1. The normalized spacial score (nSPS) is 11.4. The highest BCUT2D eigenvalue weighted by molar-refractivity contribution is 7.90. The Morgan fingerprint density at radius 1 is 1.07 bits per heavy atom. The van der Waals surface area contributed by atoms with Crippen LogP contribution in [0.4, 0.5) is 0 Å². The maximum absolute atomic E-state index is 11.8. The number of thiophene rings is 1. The van der Waals surface area contributed by atoms with E-state index in [9.17, 15) is 18.4 Å². The summed E-state index contributed by atoms with van der Waals surface area (Å²) in [5.74, 6) is -0.362. The molecule has 0 fully saturated rings. The first-order valence-electron chi connectivity index (χ1n) is 8.79. The smallest absolute Gasteiger partial charge is 0.246 e. The Kier molecular flexibility index (Phi) is 6.43. The number of carbonyl (C=O) groups excluding carboxylic acids is 1. The number of hydroxylamine groups is 2. The number of halogens is 1. The van der Waals surface area contributed by atoms with Crippen LogP contribution in [0.15, 0.2) is 58.8 Å². The monoisotopic (exact) mass is 449 g/mol. The quantitative estimate of drug-likeness (QED) is 0.428. The highest BCUT2D eigenvalue weighted by Crippen LogP contribution is 2.40. The molecular formula is C21H20ClNO4S2. The van der Waals surface area contributed by atoms with Crippen molar-refractivity contribution in [1.29, 1.82) is 0 Å². The SMILES string of the molecule is CN(O)C(=O)CCc1scc(-c2ccc(S(C)(=O)=O)cc2)c1-c1ccc(Cl)cc1. The van der Waals surface area contributed by atoms with Crippen molar-refractivity contribution >= 4 is 38.7 Å². The predicted molar refractivity (Wildman–Crippen MR) is 116 cm³/mol. The lowest BCUT2D eigenvalue weighted by Gasteiger charge is -2.11. The zero-order chi connectivity index (χ0) is 21.2. The third kappa shape index (κ3) is 5.05. The number of benzene rings is 2. The number of carbonyl (C=O) groups is 1. The number of nitrogens with zero attached hydrogens (tertiary/aromatic N) is 1. The van der Waals surface area contributed by atoms with Crippen LogP contribution in [0, 0.1) is 0 Å². The van der Waals surface area contributed by atoms with Crippen molar-refractivity contribution < 1.29 is 18.4 Å². The summed E-state index contributed by atoms with van der Waals surface area (Å²) in [6.07, 6.45) is 1.84. The summed E-state index contributed by atoms with van der Waals surface area (Å²) >= 11 is 7.56. The maximum Gasteiger partial charge on any atom is 0.246 e. The van der Waals surface area contributed by atoms with Crippen LogP contribution in [-0.4, -0.2) is 37.9 Å². The largest absolute Gasteiger partial charge is 0.286 e. The zero-order valence-electron chi connectivity index (χ0n) is 15.9. The summed E-state index contributed by atoms with van der Waals surface area (Å²) in [5.41, 5.74) is 3.78. The number of hydrogen-bond acceptors (Lipinski definition) is 5. The van der Waals surface area contributed by atoms with Gasteiger partial charge in [-0.05, 0) is 47.2 Å². The van der Waals surface area contributed by atoms with E-state index >= 15 is 0 Å². The van der Waals surface area contributed by atoms with Crippen molar-refractivity contribution in [1.82, 2.24) is 5.06 Å². The molecular weight excluding hydrogens is 430 g/mol. The lowest BCUT2D eigenvalue weighted by atomic mass is 9.95.